The number of aromatic nitrogens is 5. The highest BCUT2D eigenvalue weighted by Crippen LogP contribution is 2.42. The summed E-state index contributed by atoms with van der Waals surface area (Å²) in [6, 6.07) is 15.0. The standard InChI is InChI=1S/C23H20F3N5OS/c1-14(21-27-19(30-32-21)17-8-5-9-18(12-17)23(24,25)26)33-22-29-28-20(16-10-11-16)31(22)13-15-6-3-2-4-7-15/h2-9,12,14,16H,10-11,13H2,1H3. The molecule has 1 fully saturated rings. The third kappa shape index (κ3) is 4.80. The average molecular weight is 472 g/mol. The summed E-state index contributed by atoms with van der Waals surface area (Å²) in [5, 5.41) is 13.2. The molecule has 170 valence electrons. The predicted octanol–water partition coefficient (Wildman–Crippen LogP) is 6.13. The molecule has 10 heteroatoms. The Morgan fingerprint density at radius 1 is 1.09 bits per heavy atom. The Hall–Kier alpha value is -3.14. The van der Waals surface area contributed by atoms with E-state index in [-0.39, 0.29) is 16.6 Å². The van der Waals surface area contributed by atoms with Gasteiger partial charge >= 0.3 is 6.18 Å². The molecule has 0 radical (unpaired) electrons. The first-order chi connectivity index (χ1) is 15.9. The van der Waals surface area contributed by atoms with Gasteiger partial charge in [0.25, 0.3) is 0 Å². The maximum absolute atomic E-state index is 13.0. The van der Waals surface area contributed by atoms with Crippen LogP contribution >= 0.6 is 11.8 Å². The molecule has 0 amide bonds. The van der Waals surface area contributed by atoms with Crippen molar-refractivity contribution >= 4 is 11.8 Å². The van der Waals surface area contributed by atoms with Gasteiger partial charge in [0.1, 0.15) is 5.82 Å². The molecule has 2 aromatic carbocycles. The van der Waals surface area contributed by atoms with Crippen LogP contribution in [-0.2, 0) is 12.7 Å². The third-order valence-corrected chi connectivity index (χ3v) is 6.46. The van der Waals surface area contributed by atoms with Crippen molar-refractivity contribution in [3.05, 3.63) is 77.4 Å². The third-order valence-electron chi connectivity index (χ3n) is 5.39. The van der Waals surface area contributed by atoms with Crippen molar-refractivity contribution in [2.24, 2.45) is 0 Å². The highest BCUT2D eigenvalue weighted by atomic mass is 32.2. The fraction of sp³-hybridized carbons (Fsp3) is 0.304. The van der Waals surface area contributed by atoms with E-state index in [9.17, 15) is 13.2 Å². The Labute approximate surface area is 192 Å². The van der Waals surface area contributed by atoms with Crippen molar-refractivity contribution < 1.29 is 17.7 Å². The molecule has 0 spiro atoms. The first-order valence-electron chi connectivity index (χ1n) is 10.5. The van der Waals surface area contributed by atoms with Gasteiger partial charge in [-0.2, -0.15) is 18.2 Å². The van der Waals surface area contributed by atoms with Crippen LogP contribution in [0, 0.1) is 0 Å². The Morgan fingerprint density at radius 3 is 2.61 bits per heavy atom. The molecular formula is C23H20F3N5OS. The van der Waals surface area contributed by atoms with Crippen LogP contribution in [0.3, 0.4) is 0 Å². The Morgan fingerprint density at radius 2 is 1.88 bits per heavy atom. The lowest BCUT2D eigenvalue weighted by atomic mass is 10.1. The Balaban J connectivity index is 1.37. The van der Waals surface area contributed by atoms with Gasteiger partial charge in [0, 0.05) is 11.5 Å². The van der Waals surface area contributed by atoms with Gasteiger partial charge in [0.05, 0.1) is 17.4 Å². The number of alkyl halides is 3. The minimum absolute atomic E-state index is 0.118. The second-order valence-corrected chi connectivity index (χ2v) is 9.29. The molecule has 6 nitrogen and oxygen atoms in total. The first kappa shape index (κ1) is 21.7. The molecule has 0 saturated heterocycles. The molecule has 1 saturated carbocycles. The molecule has 2 aromatic heterocycles. The highest BCUT2D eigenvalue weighted by Gasteiger charge is 2.32. The van der Waals surface area contributed by atoms with Crippen LogP contribution in [0.1, 0.15) is 53.8 Å². The maximum atomic E-state index is 13.0. The normalized spacial score (nSPS) is 15.0. The number of rotatable bonds is 7. The summed E-state index contributed by atoms with van der Waals surface area (Å²) in [6.45, 7) is 2.56. The number of hydrogen-bond donors (Lipinski definition) is 0. The molecule has 0 aliphatic heterocycles. The number of thioether (sulfide) groups is 1. The molecule has 1 unspecified atom stereocenters. The molecule has 0 N–H and O–H groups in total. The van der Waals surface area contributed by atoms with E-state index < -0.39 is 11.7 Å². The van der Waals surface area contributed by atoms with E-state index in [4.69, 9.17) is 4.52 Å². The van der Waals surface area contributed by atoms with Crippen molar-refractivity contribution in [1.82, 2.24) is 24.9 Å². The second kappa shape index (κ2) is 8.66. The van der Waals surface area contributed by atoms with Crippen LogP contribution in [0.4, 0.5) is 13.2 Å². The van der Waals surface area contributed by atoms with Gasteiger partial charge in [0.15, 0.2) is 5.16 Å². The zero-order valence-corrected chi connectivity index (χ0v) is 18.5. The van der Waals surface area contributed by atoms with Gasteiger partial charge in [-0.05, 0) is 37.5 Å². The van der Waals surface area contributed by atoms with E-state index in [1.165, 1.54) is 23.9 Å². The van der Waals surface area contributed by atoms with Crippen LogP contribution in [0.25, 0.3) is 11.4 Å². The van der Waals surface area contributed by atoms with E-state index >= 15 is 0 Å². The van der Waals surface area contributed by atoms with Gasteiger partial charge in [-0.3, -0.25) is 0 Å². The van der Waals surface area contributed by atoms with Gasteiger partial charge in [-0.25, -0.2) is 0 Å². The summed E-state index contributed by atoms with van der Waals surface area (Å²) in [4.78, 5) is 4.34. The zero-order chi connectivity index (χ0) is 23.0. The van der Waals surface area contributed by atoms with E-state index in [0.29, 0.717) is 18.4 Å². The molecule has 5 rings (SSSR count). The lowest BCUT2D eigenvalue weighted by Gasteiger charge is -2.11. The fourth-order valence-corrected chi connectivity index (χ4v) is 4.39. The van der Waals surface area contributed by atoms with E-state index in [1.807, 2.05) is 25.1 Å². The van der Waals surface area contributed by atoms with Crippen LogP contribution < -0.4 is 0 Å². The van der Waals surface area contributed by atoms with Crippen LogP contribution in [0.5, 0.6) is 0 Å². The molecule has 1 aliphatic carbocycles. The number of benzene rings is 2. The van der Waals surface area contributed by atoms with Crippen molar-refractivity contribution in [3.63, 3.8) is 0 Å². The summed E-state index contributed by atoms with van der Waals surface area (Å²) in [7, 11) is 0. The van der Waals surface area contributed by atoms with E-state index in [1.54, 1.807) is 0 Å². The monoisotopic (exact) mass is 471 g/mol. The highest BCUT2D eigenvalue weighted by molar-refractivity contribution is 7.99. The van der Waals surface area contributed by atoms with Crippen LogP contribution in [0.2, 0.25) is 0 Å². The summed E-state index contributed by atoms with van der Waals surface area (Å²) in [5.74, 6) is 1.84. The van der Waals surface area contributed by atoms with Crippen molar-refractivity contribution in [3.8, 4) is 11.4 Å². The molecule has 2 heterocycles. The molecule has 1 aliphatic rings. The van der Waals surface area contributed by atoms with E-state index in [0.717, 1.165) is 41.5 Å². The smallest absolute Gasteiger partial charge is 0.338 e. The van der Waals surface area contributed by atoms with Crippen LogP contribution in [-0.4, -0.2) is 24.9 Å². The summed E-state index contributed by atoms with van der Waals surface area (Å²) >= 11 is 1.44. The second-order valence-electron chi connectivity index (χ2n) is 7.98. The van der Waals surface area contributed by atoms with Gasteiger partial charge < -0.3 is 9.09 Å². The van der Waals surface area contributed by atoms with Gasteiger partial charge in [0.2, 0.25) is 11.7 Å². The SMILES string of the molecule is CC(Sc1nnc(C2CC2)n1Cc1ccccc1)c1nc(-c2cccc(C(F)(F)F)c2)no1. The number of hydrogen-bond acceptors (Lipinski definition) is 6. The predicted molar refractivity (Wildman–Crippen MR) is 117 cm³/mol. The lowest BCUT2D eigenvalue weighted by Crippen LogP contribution is -2.06. The van der Waals surface area contributed by atoms with Gasteiger partial charge in [-0.1, -0.05) is 59.4 Å². The first-order valence-corrected chi connectivity index (χ1v) is 11.4. The van der Waals surface area contributed by atoms with Gasteiger partial charge in [-0.15, -0.1) is 10.2 Å². The molecule has 1 atom stereocenters. The largest absolute Gasteiger partial charge is 0.416 e. The van der Waals surface area contributed by atoms with E-state index in [2.05, 4.69) is 37.0 Å². The Kier molecular flexibility index (Phi) is 5.69. The lowest BCUT2D eigenvalue weighted by molar-refractivity contribution is -0.137. The summed E-state index contributed by atoms with van der Waals surface area (Å²) in [6.07, 6.45) is -2.22. The number of nitrogens with zero attached hydrogens (tertiary/aromatic N) is 5. The summed E-state index contributed by atoms with van der Waals surface area (Å²) in [5.41, 5.74) is 0.647. The Bertz CT molecular complexity index is 1250. The topological polar surface area (TPSA) is 69.6 Å². The quantitative estimate of drug-likeness (QED) is 0.302. The fourth-order valence-electron chi connectivity index (χ4n) is 3.51. The van der Waals surface area contributed by atoms with Crippen LogP contribution in [0.15, 0.2) is 64.3 Å². The minimum Gasteiger partial charge on any atom is -0.338 e. The number of halogens is 3. The van der Waals surface area contributed by atoms with Crippen molar-refractivity contribution in [1.29, 1.82) is 0 Å². The molecule has 4 aromatic rings. The van der Waals surface area contributed by atoms with Crippen molar-refractivity contribution in [2.45, 2.75) is 48.8 Å². The zero-order valence-electron chi connectivity index (χ0n) is 17.7. The van der Waals surface area contributed by atoms with Crippen molar-refractivity contribution in [2.75, 3.05) is 0 Å². The molecule has 33 heavy (non-hydrogen) atoms. The molecule has 0 bridgehead atoms. The summed E-state index contributed by atoms with van der Waals surface area (Å²) < 4.78 is 46.6. The minimum atomic E-state index is -4.44. The maximum Gasteiger partial charge on any atom is 0.416 e. The average Bonchev–Trinajstić information content (AvgIpc) is 3.39. The molecular weight excluding hydrogens is 451 g/mol.